The van der Waals surface area contributed by atoms with E-state index in [-0.39, 0.29) is 10.7 Å². The summed E-state index contributed by atoms with van der Waals surface area (Å²) in [6.07, 6.45) is -1.08. The van der Waals surface area contributed by atoms with Gasteiger partial charge in [0, 0.05) is 9.92 Å². The molecule has 25 heavy (non-hydrogen) atoms. The lowest BCUT2D eigenvalue weighted by Gasteiger charge is -2.15. The fourth-order valence-corrected chi connectivity index (χ4v) is 2.97. The van der Waals surface area contributed by atoms with Crippen LogP contribution in [-0.2, 0) is 9.53 Å². The molecule has 1 amide bonds. The lowest BCUT2D eigenvalue weighted by atomic mass is 10.2. The monoisotopic (exact) mass is 381 g/mol. The molecule has 0 unspecified atom stereocenters. The predicted octanol–water partition coefficient (Wildman–Crippen LogP) is 4.78. The smallest absolute Gasteiger partial charge is 0.340 e. The summed E-state index contributed by atoms with van der Waals surface area (Å²) >= 11 is 7.18. The molecule has 0 bridgehead atoms. The van der Waals surface area contributed by atoms with E-state index in [0.29, 0.717) is 5.56 Å². The van der Waals surface area contributed by atoms with Crippen LogP contribution in [0.1, 0.15) is 24.2 Å². The van der Waals surface area contributed by atoms with Gasteiger partial charge in [-0.3, -0.25) is 4.79 Å². The first-order valence-corrected chi connectivity index (χ1v) is 8.97. The Balaban J connectivity index is 2.04. The molecule has 1 atom stereocenters. The van der Waals surface area contributed by atoms with Crippen LogP contribution in [0.15, 0.2) is 47.4 Å². The van der Waals surface area contributed by atoms with Gasteiger partial charge in [0.05, 0.1) is 11.3 Å². The Morgan fingerprint density at radius 1 is 1.28 bits per heavy atom. The summed E-state index contributed by atoms with van der Waals surface area (Å²) in [6.45, 7) is 3.40. The summed E-state index contributed by atoms with van der Waals surface area (Å²) < 4.78 is 18.9. The van der Waals surface area contributed by atoms with E-state index < -0.39 is 23.8 Å². The van der Waals surface area contributed by atoms with E-state index in [1.54, 1.807) is 12.1 Å². The van der Waals surface area contributed by atoms with Gasteiger partial charge >= 0.3 is 5.97 Å². The van der Waals surface area contributed by atoms with Gasteiger partial charge in [-0.15, -0.1) is 11.8 Å². The van der Waals surface area contributed by atoms with Gasteiger partial charge in [0.2, 0.25) is 0 Å². The molecular formula is C18H17ClFNO3S. The summed E-state index contributed by atoms with van der Waals surface area (Å²) in [5.74, 6) is -1.09. The van der Waals surface area contributed by atoms with Crippen LogP contribution in [0, 0.1) is 5.82 Å². The van der Waals surface area contributed by atoms with Crippen LogP contribution < -0.4 is 5.32 Å². The van der Waals surface area contributed by atoms with Crippen molar-refractivity contribution in [2.24, 2.45) is 0 Å². The topological polar surface area (TPSA) is 55.4 Å². The number of ether oxygens (including phenoxy) is 1. The maximum atomic E-state index is 13.7. The number of nitrogens with one attached hydrogen (secondary N) is 1. The molecule has 0 aromatic heterocycles. The molecule has 2 rings (SSSR count). The highest BCUT2D eigenvalue weighted by Crippen LogP contribution is 2.23. The molecule has 0 heterocycles. The minimum absolute atomic E-state index is 0.0285. The number of amides is 1. The maximum absolute atomic E-state index is 13.7. The summed E-state index contributed by atoms with van der Waals surface area (Å²) in [7, 11) is 0. The number of thioether (sulfide) groups is 1. The number of carbonyl (C=O) groups is 2. The SMILES string of the molecule is CCSc1ccccc1C(=O)O[C@@H](C)C(=O)Nc1ccc(Cl)cc1F. The second-order valence-corrected chi connectivity index (χ2v) is 6.83. The van der Waals surface area contributed by atoms with E-state index in [1.807, 2.05) is 19.1 Å². The normalized spacial score (nSPS) is 11.7. The number of benzene rings is 2. The first kappa shape index (κ1) is 19.3. The van der Waals surface area contributed by atoms with E-state index in [4.69, 9.17) is 16.3 Å². The van der Waals surface area contributed by atoms with Crippen LogP contribution in [-0.4, -0.2) is 23.7 Å². The van der Waals surface area contributed by atoms with Crippen LogP contribution in [0.4, 0.5) is 10.1 Å². The molecule has 2 aromatic carbocycles. The van der Waals surface area contributed by atoms with Crippen molar-refractivity contribution in [2.45, 2.75) is 24.8 Å². The lowest BCUT2D eigenvalue weighted by molar-refractivity contribution is -0.123. The van der Waals surface area contributed by atoms with Gasteiger partial charge < -0.3 is 10.1 Å². The third kappa shape index (κ3) is 5.21. The highest BCUT2D eigenvalue weighted by atomic mass is 35.5. The van der Waals surface area contributed by atoms with E-state index in [1.165, 1.54) is 30.8 Å². The molecule has 0 spiro atoms. The molecule has 1 N–H and O–H groups in total. The summed E-state index contributed by atoms with van der Waals surface area (Å²) in [6, 6.07) is 10.9. The van der Waals surface area contributed by atoms with Gasteiger partial charge in [0.1, 0.15) is 5.82 Å². The van der Waals surface area contributed by atoms with Crippen molar-refractivity contribution >= 4 is 40.9 Å². The number of esters is 1. The van der Waals surface area contributed by atoms with Crippen molar-refractivity contribution in [1.29, 1.82) is 0 Å². The van der Waals surface area contributed by atoms with Crippen LogP contribution >= 0.6 is 23.4 Å². The number of hydrogen-bond donors (Lipinski definition) is 1. The van der Waals surface area contributed by atoms with Crippen molar-refractivity contribution < 1.29 is 18.7 Å². The van der Waals surface area contributed by atoms with E-state index >= 15 is 0 Å². The zero-order valence-electron chi connectivity index (χ0n) is 13.7. The number of carbonyl (C=O) groups excluding carboxylic acids is 2. The van der Waals surface area contributed by atoms with Crippen LogP contribution in [0.25, 0.3) is 0 Å². The zero-order valence-corrected chi connectivity index (χ0v) is 15.3. The van der Waals surface area contributed by atoms with Crippen molar-refractivity contribution in [2.75, 3.05) is 11.1 Å². The largest absolute Gasteiger partial charge is 0.449 e. The average molecular weight is 382 g/mol. The number of hydrogen-bond acceptors (Lipinski definition) is 4. The molecule has 0 fully saturated rings. The fourth-order valence-electron chi connectivity index (χ4n) is 2.02. The summed E-state index contributed by atoms with van der Waals surface area (Å²) in [4.78, 5) is 25.2. The minimum atomic E-state index is -1.08. The molecule has 0 aliphatic rings. The lowest BCUT2D eigenvalue weighted by Crippen LogP contribution is -2.30. The standard InChI is InChI=1S/C18H17ClFNO3S/c1-3-25-16-7-5-4-6-13(16)18(23)24-11(2)17(22)21-15-9-8-12(19)10-14(15)20/h4-11H,3H2,1-2H3,(H,21,22)/t11-/m0/s1. The Morgan fingerprint density at radius 3 is 2.68 bits per heavy atom. The van der Waals surface area contributed by atoms with Crippen molar-refractivity contribution in [3.63, 3.8) is 0 Å². The quantitative estimate of drug-likeness (QED) is 0.578. The molecule has 0 saturated carbocycles. The number of anilines is 1. The van der Waals surface area contributed by atoms with Gasteiger partial charge in [-0.05, 0) is 43.0 Å². The van der Waals surface area contributed by atoms with Crippen LogP contribution in [0.5, 0.6) is 0 Å². The molecule has 132 valence electrons. The fraction of sp³-hybridized carbons (Fsp3) is 0.222. The predicted molar refractivity (Wildman–Crippen MR) is 97.8 cm³/mol. The molecule has 0 aliphatic heterocycles. The Kier molecular flexibility index (Phi) is 6.84. The second-order valence-electron chi connectivity index (χ2n) is 5.09. The van der Waals surface area contributed by atoms with Crippen molar-refractivity contribution in [3.05, 3.63) is 58.9 Å². The molecule has 7 heteroatoms. The third-order valence-corrected chi connectivity index (χ3v) is 4.44. The van der Waals surface area contributed by atoms with E-state index in [0.717, 1.165) is 16.7 Å². The van der Waals surface area contributed by atoms with Gasteiger partial charge in [-0.2, -0.15) is 0 Å². The summed E-state index contributed by atoms with van der Waals surface area (Å²) in [5.41, 5.74) is 0.367. The molecular weight excluding hydrogens is 365 g/mol. The minimum Gasteiger partial charge on any atom is -0.449 e. The Bertz CT molecular complexity index is 785. The highest BCUT2D eigenvalue weighted by molar-refractivity contribution is 7.99. The Morgan fingerprint density at radius 2 is 2.00 bits per heavy atom. The summed E-state index contributed by atoms with van der Waals surface area (Å²) in [5, 5.41) is 2.60. The Hall–Kier alpha value is -2.05. The van der Waals surface area contributed by atoms with Crippen molar-refractivity contribution in [1.82, 2.24) is 0 Å². The van der Waals surface area contributed by atoms with Crippen LogP contribution in [0.3, 0.4) is 0 Å². The molecule has 0 radical (unpaired) electrons. The zero-order chi connectivity index (χ0) is 18.4. The Labute approximate surface area is 154 Å². The highest BCUT2D eigenvalue weighted by Gasteiger charge is 2.21. The van der Waals surface area contributed by atoms with Crippen molar-refractivity contribution in [3.8, 4) is 0 Å². The molecule has 4 nitrogen and oxygen atoms in total. The number of rotatable bonds is 6. The second kappa shape index (κ2) is 8.87. The van der Waals surface area contributed by atoms with Gasteiger partial charge in [0.15, 0.2) is 6.10 Å². The molecule has 2 aromatic rings. The van der Waals surface area contributed by atoms with Gasteiger partial charge in [-0.1, -0.05) is 30.7 Å². The van der Waals surface area contributed by atoms with Gasteiger partial charge in [-0.25, -0.2) is 9.18 Å². The van der Waals surface area contributed by atoms with Gasteiger partial charge in [0.25, 0.3) is 5.91 Å². The van der Waals surface area contributed by atoms with Crippen LogP contribution in [0.2, 0.25) is 5.02 Å². The maximum Gasteiger partial charge on any atom is 0.340 e. The number of halogens is 2. The first-order valence-electron chi connectivity index (χ1n) is 7.61. The molecule has 0 saturated heterocycles. The first-order chi connectivity index (χ1) is 11.9. The molecule has 0 aliphatic carbocycles. The average Bonchev–Trinajstić information content (AvgIpc) is 2.58. The van der Waals surface area contributed by atoms with E-state index in [9.17, 15) is 14.0 Å². The third-order valence-electron chi connectivity index (χ3n) is 3.25. The van der Waals surface area contributed by atoms with E-state index in [2.05, 4.69) is 5.32 Å².